The van der Waals surface area contributed by atoms with Crippen LogP contribution in [0, 0.1) is 10.1 Å². The molecule has 1 aliphatic heterocycles. The largest absolute Gasteiger partial charge is 0.375 e. The first-order valence-electron chi connectivity index (χ1n) is 11.1. The van der Waals surface area contributed by atoms with Crippen molar-refractivity contribution in [2.75, 3.05) is 36.4 Å². The van der Waals surface area contributed by atoms with E-state index in [4.69, 9.17) is 23.2 Å². The van der Waals surface area contributed by atoms with E-state index in [9.17, 15) is 14.9 Å². The molecule has 1 fully saturated rings. The van der Waals surface area contributed by atoms with Gasteiger partial charge in [-0.05, 0) is 41.5 Å². The van der Waals surface area contributed by atoms with Crippen LogP contribution in [0.4, 0.5) is 17.1 Å². The molecule has 9 heteroatoms. The Hall–Kier alpha value is -3.55. The Kier molecular flexibility index (Phi) is 7.90. The first-order chi connectivity index (χ1) is 16.9. The number of nitrogens with zero attached hydrogens (tertiary/aromatic N) is 3. The molecule has 0 atom stereocenters. The molecule has 1 aliphatic rings. The van der Waals surface area contributed by atoms with Gasteiger partial charge < -0.3 is 15.1 Å². The van der Waals surface area contributed by atoms with Crippen LogP contribution in [0.25, 0.3) is 6.08 Å². The first kappa shape index (κ1) is 24.6. The molecule has 0 bridgehead atoms. The number of anilines is 2. The van der Waals surface area contributed by atoms with E-state index in [2.05, 4.69) is 10.2 Å². The lowest BCUT2D eigenvalue weighted by atomic mass is 10.1. The van der Waals surface area contributed by atoms with Crippen LogP contribution in [-0.4, -0.2) is 41.9 Å². The fourth-order valence-electron chi connectivity index (χ4n) is 3.90. The van der Waals surface area contributed by atoms with Crippen LogP contribution in [0.3, 0.4) is 0 Å². The van der Waals surface area contributed by atoms with Crippen molar-refractivity contribution in [1.82, 2.24) is 4.90 Å². The number of rotatable bonds is 7. The van der Waals surface area contributed by atoms with Crippen molar-refractivity contribution in [3.63, 3.8) is 0 Å². The predicted molar refractivity (Wildman–Crippen MR) is 141 cm³/mol. The molecule has 1 amide bonds. The van der Waals surface area contributed by atoms with E-state index in [0.717, 1.165) is 16.8 Å². The number of benzene rings is 3. The second kappa shape index (κ2) is 11.3. The van der Waals surface area contributed by atoms with Gasteiger partial charge in [0, 0.05) is 60.6 Å². The molecule has 4 rings (SSSR count). The van der Waals surface area contributed by atoms with Gasteiger partial charge in [-0.2, -0.15) is 0 Å². The minimum atomic E-state index is -0.382. The van der Waals surface area contributed by atoms with Crippen molar-refractivity contribution in [3.8, 4) is 0 Å². The lowest BCUT2D eigenvalue weighted by Gasteiger charge is -2.35. The summed E-state index contributed by atoms with van der Waals surface area (Å²) in [6.07, 6.45) is 3.21. The Bertz CT molecular complexity index is 1240. The van der Waals surface area contributed by atoms with Crippen LogP contribution in [0.5, 0.6) is 0 Å². The van der Waals surface area contributed by atoms with E-state index in [-0.39, 0.29) is 16.5 Å². The summed E-state index contributed by atoms with van der Waals surface area (Å²) in [4.78, 5) is 27.7. The van der Waals surface area contributed by atoms with Gasteiger partial charge in [-0.15, -0.1) is 0 Å². The summed E-state index contributed by atoms with van der Waals surface area (Å²) in [5.74, 6) is -0.0930. The second-order valence-corrected chi connectivity index (χ2v) is 8.95. The number of hydrogen-bond acceptors (Lipinski definition) is 5. The number of nitrogens with one attached hydrogen (secondary N) is 1. The van der Waals surface area contributed by atoms with Gasteiger partial charge in [-0.3, -0.25) is 14.9 Å². The lowest BCUT2D eigenvalue weighted by molar-refractivity contribution is -0.384. The molecule has 0 unspecified atom stereocenters. The highest BCUT2D eigenvalue weighted by molar-refractivity contribution is 6.35. The van der Waals surface area contributed by atoms with E-state index >= 15 is 0 Å². The van der Waals surface area contributed by atoms with Crippen LogP contribution in [0.15, 0.2) is 72.8 Å². The molecule has 1 heterocycles. The van der Waals surface area contributed by atoms with Gasteiger partial charge in [-0.25, -0.2) is 0 Å². The first-order valence-corrected chi connectivity index (χ1v) is 11.9. The molecule has 1 N–H and O–H groups in total. The van der Waals surface area contributed by atoms with Crippen LogP contribution >= 0.6 is 23.2 Å². The smallest absolute Gasteiger partial charge is 0.292 e. The lowest BCUT2D eigenvalue weighted by Crippen LogP contribution is -2.48. The Morgan fingerprint density at radius 2 is 1.74 bits per heavy atom. The standard InChI is InChI=1S/C26H24Cl2N4O3/c27-21-8-6-20(23(28)16-21)7-11-26(33)31-14-12-30(13-15-31)22-9-10-25(32(34)35)24(17-22)29-18-19-4-2-1-3-5-19/h1-11,16-17,29H,12-15,18H2. The highest BCUT2D eigenvalue weighted by Gasteiger charge is 2.22. The number of carbonyl (C=O) groups is 1. The SMILES string of the molecule is O=C(C=Cc1ccc(Cl)cc1Cl)N1CCN(c2ccc([N+](=O)[O-])c(NCc3ccccc3)c2)CC1. The van der Waals surface area contributed by atoms with E-state index in [1.54, 1.807) is 41.3 Å². The van der Waals surface area contributed by atoms with Crippen LogP contribution in [0.2, 0.25) is 10.0 Å². The minimum Gasteiger partial charge on any atom is -0.375 e. The Balaban J connectivity index is 1.39. The molecule has 0 aliphatic carbocycles. The molecule has 7 nitrogen and oxygen atoms in total. The van der Waals surface area contributed by atoms with Gasteiger partial charge in [0.05, 0.1) is 4.92 Å². The number of piperazine rings is 1. The highest BCUT2D eigenvalue weighted by Crippen LogP contribution is 2.30. The van der Waals surface area contributed by atoms with Crippen molar-refractivity contribution in [3.05, 3.63) is 104 Å². The second-order valence-electron chi connectivity index (χ2n) is 8.11. The maximum atomic E-state index is 12.7. The number of nitro benzene ring substituents is 1. The van der Waals surface area contributed by atoms with E-state index in [0.29, 0.717) is 48.5 Å². The summed E-state index contributed by atoms with van der Waals surface area (Å²) >= 11 is 12.1. The van der Waals surface area contributed by atoms with Gasteiger partial charge in [0.15, 0.2) is 0 Å². The number of amides is 1. The Morgan fingerprint density at radius 3 is 2.43 bits per heavy atom. The molecule has 1 saturated heterocycles. The van der Waals surface area contributed by atoms with Gasteiger partial charge in [0.25, 0.3) is 5.69 Å². The maximum absolute atomic E-state index is 12.7. The van der Waals surface area contributed by atoms with Crippen LogP contribution in [-0.2, 0) is 11.3 Å². The third-order valence-corrected chi connectivity index (χ3v) is 6.39. The molecule has 0 radical (unpaired) electrons. The number of hydrogen-bond donors (Lipinski definition) is 1. The summed E-state index contributed by atoms with van der Waals surface area (Å²) in [5.41, 5.74) is 3.14. The summed E-state index contributed by atoms with van der Waals surface area (Å²) in [6, 6.07) is 19.9. The predicted octanol–water partition coefficient (Wildman–Crippen LogP) is 5.88. The summed E-state index contributed by atoms with van der Waals surface area (Å²) in [5, 5.41) is 15.8. The van der Waals surface area contributed by atoms with Crippen molar-refractivity contribution >= 4 is 52.2 Å². The van der Waals surface area contributed by atoms with Gasteiger partial charge >= 0.3 is 0 Å². The maximum Gasteiger partial charge on any atom is 0.292 e. The Morgan fingerprint density at radius 1 is 1.00 bits per heavy atom. The van der Waals surface area contributed by atoms with Gasteiger partial charge in [-0.1, -0.05) is 59.6 Å². The van der Waals surface area contributed by atoms with Crippen molar-refractivity contribution < 1.29 is 9.72 Å². The summed E-state index contributed by atoms with van der Waals surface area (Å²) in [7, 11) is 0. The highest BCUT2D eigenvalue weighted by atomic mass is 35.5. The number of halogens is 2. The quantitative estimate of drug-likeness (QED) is 0.244. The van der Waals surface area contributed by atoms with Crippen LogP contribution < -0.4 is 10.2 Å². The van der Waals surface area contributed by atoms with Gasteiger partial charge in [0.1, 0.15) is 5.69 Å². The topological polar surface area (TPSA) is 78.7 Å². The van der Waals surface area contributed by atoms with Crippen molar-refractivity contribution in [2.24, 2.45) is 0 Å². The van der Waals surface area contributed by atoms with E-state index < -0.39 is 0 Å². The molecule has 3 aromatic carbocycles. The molecule has 0 aromatic heterocycles. The average molecular weight is 511 g/mol. The monoisotopic (exact) mass is 510 g/mol. The molecule has 0 spiro atoms. The zero-order chi connectivity index (χ0) is 24.8. The number of carbonyl (C=O) groups excluding carboxylic acids is 1. The molecular formula is C26H24Cl2N4O3. The van der Waals surface area contributed by atoms with Crippen molar-refractivity contribution in [2.45, 2.75) is 6.54 Å². The van der Waals surface area contributed by atoms with Gasteiger partial charge in [0.2, 0.25) is 5.91 Å². The van der Waals surface area contributed by atoms with Crippen molar-refractivity contribution in [1.29, 1.82) is 0 Å². The molecule has 180 valence electrons. The minimum absolute atomic E-state index is 0.0319. The van der Waals surface area contributed by atoms with Crippen LogP contribution in [0.1, 0.15) is 11.1 Å². The van der Waals surface area contributed by atoms with E-state index in [1.807, 2.05) is 30.3 Å². The normalized spacial score (nSPS) is 13.8. The van der Waals surface area contributed by atoms with E-state index in [1.165, 1.54) is 12.1 Å². The fourth-order valence-corrected chi connectivity index (χ4v) is 4.37. The zero-order valence-corrected chi connectivity index (χ0v) is 20.4. The Labute approximate surface area is 213 Å². The zero-order valence-electron chi connectivity index (χ0n) is 18.9. The molecule has 3 aromatic rings. The fraction of sp³-hybridized carbons (Fsp3) is 0.192. The number of nitro groups is 1. The average Bonchev–Trinajstić information content (AvgIpc) is 2.87. The molecule has 35 heavy (non-hydrogen) atoms. The molecule has 0 saturated carbocycles. The summed E-state index contributed by atoms with van der Waals surface area (Å²) < 4.78 is 0. The third kappa shape index (κ3) is 6.32. The molecular weight excluding hydrogens is 487 g/mol. The summed E-state index contributed by atoms with van der Waals surface area (Å²) in [6.45, 7) is 2.81. The third-order valence-electron chi connectivity index (χ3n) is 5.83.